The Morgan fingerprint density at radius 3 is 3.05 bits per heavy atom. The molecular formula is C15H23N3OS. The number of rotatable bonds is 5. The lowest BCUT2D eigenvalue weighted by Crippen LogP contribution is -2.39. The fraction of sp³-hybridized carbons (Fsp3) is 0.733. The van der Waals surface area contributed by atoms with E-state index < -0.39 is 0 Å². The first-order valence-electron chi connectivity index (χ1n) is 7.68. The Kier molecular flexibility index (Phi) is 4.78. The van der Waals surface area contributed by atoms with Gasteiger partial charge in [0.1, 0.15) is 5.78 Å². The van der Waals surface area contributed by atoms with Crippen molar-refractivity contribution in [2.24, 2.45) is 0 Å². The summed E-state index contributed by atoms with van der Waals surface area (Å²) in [5, 5.41) is 8.01. The summed E-state index contributed by atoms with van der Waals surface area (Å²) in [7, 11) is 0. The molecule has 2 aliphatic rings. The van der Waals surface area contributed by atoms with Crippen LogP contribution >= 0.6 is 11.8 Å². The highest BCUT2D eigenvalue weighted by Crippen LogP contribution is 2.28. The SMILES string of the molecule is O=C(Cc1ccn(C2CCCC2)n1)CC1CSCCN1. The van der Waals surface area contributed by atoms with Gasteiger partial charge >= 0.3 is 0 Å². The van der Waals surface area contributed by atoms with E-state index in [0.717, 1.165) is 23.7 Å². The lowest BCUT2D eigenvalue weighted by molar-refractivity contribution is -0.118. The quantitative estimate of drug-likeness (QED) is 0.904. The molecule has 2 fully saturated rings. The van der Waals surface area contributed by atoms with Crippen molar-refractivity contribution in [3.05, 3.63) is 18.0 Å². The topological polar surface area (TPSA) is 46.9 Å². The number of hydrogen-bond donors (Lipinski definition) is 1. The van der Waals surface area contributed by atoms with Gasteiger partial charge in [-0.05, 0) is 18.9 Å². The third kappa shape index (κ3) is 3.64. The average molecular weight is 293 g/mol. The van der Waals surface area contributed by atoms with E-state index in [-0.39, 0.29) is 0 Å². The third-order valence-electron chi connectivity index (χ3n) is 4.21. The molecule has 1 atom stereocenters. The van der Waals surface area contributed by atoms with Gasteiger partial charge in [-0.15, -0.1) is 0 Å². The maximum atomic E-state index is 12.1. The van der Waals surface area contributed by atoms with Crippen LogP contribution in [0.5, 0.6) is 0 Å². The zero-order valence-electron chi connectivity index (χ0n) is 11.9. The second kappa shape index (κ2) is 6.76. The second-order valence-corrected chi connectivity index (χ2v) is 7.02. The van der Waals surface area contributed by atoms with Crippen molar-refractivity contribution < 1.29 is 4.79 Å². The molecule has 2 heterocycles. The summed E-state index contributed by atoms with van der Waals surface area (Å²) in [6.07, 6.45) is 8.27. The van der Waals surface area contributed by atoms with Gasteiger partial charge in [0.25, 0.3) is 0 Å². The number of nitrogens with one attached hydrogen (secondary N) is 1. The molecule has 0 bridgehead atoms. The predicted molar refractivity (Wildman–Crippen MR) is 82.2 cm³/mol. The standard InChI is InChI=1S/C15H23N3OS/c19-15(10-13-11-20-8-6-16-13)9-12-5-7-18(17-12)14-3-1-2-4-14/h5,7,13-14,16H,1-4,6,8-11H2. The van der Waals surface area contributed by atoms with Crippen LogP contribution in [0.4, 0.5) is 0 Å². The lowest BCUT2D eigenvalue weighted by atomic mass is 10.1. The Balaban J connectivity index is 1.50. The van der Waals surface area contributed by atoms with Crippen LogP contribution in [-0.4, -0.2) is 39.7 Å². The van der Waals surface area contributed by atoms with E-state index in [1.54, 1.807) is 0 Å². The molecule has 110 valence electrons. The Labute approximate surface area is 124 Å². The molecule has 1 N–H and O–H groups in total. The number of aromatic nitrogens is 2. The van der Waals surface area contributed by atoms with Crippen molar-refractivity contribution in [3.8, 4) is 0 Å². The van der Waals surface area contributed by atoms with Crippen molar-refractivity contribution in [1.82, 2.24) is 15.1 Å². The van der Waals surface area contributed by atoms with E-state index in [1.165, 1.54) is 25.7 Å². The fourth-order valence-corrected chi connectivity index (χ4v) is 4.09. The van der Waals surface area contributed by atoms with Crippen LogP contribution in [0.25, 0.3) is 0 Å². The molecule has 0 radical (unpaired) electrons. The Morgan fingerprint density at radius 1 is 1.45 bits per heavy atom. The van der Waals surface area contributed by atoms with E-state index >= 15 is 0 Å². The summed E-state index contributed by atoms with van der Waals surface area (Å²) in [5.74, 6) is 2.53. The summed E-state index contributed by atoms with van der Waals surface area (Å²) in [5.41, 5.74) is 0.936. The Morgan fingerprint density at radius 2 is 2.30 bits per heavy atom. The molecule has 4 nitrogen and oxygen atoms in total. The van der Waals surface area contributed by atoms with E-state index in [4.69, 9.17) is 0 Å². The molecule has 0 spiro atoms. The molecule has 1 aliphatic heterocycles. The van der Waals surface area contributed by atoms with Gasteiger partial charge in [-0.1, -0.05) is 12.8 Å². The van der Waals surface area contributed by atoms with Gasteiger partial charge in [-0.2, -0.15) is 16.9 Å². The highest BCUT2D eigenvalue weighted by atomic mass is 32.2. The smallest absolute Gasteiger partial charge is 0.140 e. The van der Waals surface area contributed by atoms with Crippen LogP contribution in [0.1, 0.15) is 43.8 Å². The third-order valence-corrected chi connectivity index (χ3v) is 5.34. The van der Waals surface area contributed by atoms with Crippen LogP contribution in [0.3, 0.4) is 0 Å². The minimum Gasteiger partial charge on any atom is -0.312 e. The zero-order chi connectivity index (χ0) is 13.8. The van der Waals surface area contributed by atoms with E-state index in [0.29, 0.717) is 30.7 Å². The molecule has 0 amide bonds. The highest BCUT2D eigenvalue weighted by Gasteiger charge is 2.20. The van der Waals surface area contributed by atoms with Gasteiger partial charge in [0.05, 0.1) is 18.2 Å². The first kappa shape index (κ1) is 14.1. The van der Waals surface area contributed by atoms with Gasteiger partial charge < -0.3 is 5.32 Å². The van der Waals surface area contributed by atoms with E-state index in [2.05, 4.69) is 15.1 Å². The average Bonchev–Trinajstić information content (AvgIpc) is 3.10. The molecule has 3 rings (SSSR count). The summed E-state index contributed by atoms with van der Waals surface area (Å²) in [6, 6.07) is 2.94. The van der Waals surface area contributed by atoms with Gasteiger partial charge in [0.2, 0.25) is 0 Å². The fourth-order valence-electron chi connectivity index (χ4n) is 3.14. The summed E-state index contributed by atoms with van der Waals surface area (Å²) >= 11 is 1.94. The first-order valence-corrected chi connectivity index (χ1v) is 8.83. The molecule has 1 unspecified atom stereocenters. The minimum absolute atomic E-state index is 0.307. The number of hydrogen-bond acceptors (Lipinski definition) is 4. The van der Waals surface area contributed by atoms with Crippen LogP contribution < -0.4 is 5.32 Å². The van der Waals surface area contributed by atoms with Crippen molar-refractivity contribution in [3.63, 3.8) is 0 Å². The first-order chi connectivity index (χ1) is 9.81. The van der Waals surface area contributed by atoms with Crippen LogP contribution in [0.15, 0.2) is 12.3 Å². The Bertz CT molecular complexity index is 448. The van der Waals surface area contributed by atoms with Gasteiger partial charge in [-0.3, -0.25) is 9.48 Å². The van der Waals surface area contributed by atoms with Crippen LogP contribution in [-0.2, 0) is 11.2 Å². The predicted octanol–water partition coefficient (Wildman–Crippen LogP) is 2.20. The number of Topliss-reactive ketones (excluding diaryl/α,β-unsaturated/α-hetero) is 1. The highest BCUT2D eigenvalue weighted by molar-refractivity contribution is 7.99. The van der Waals surface area contributed by atoms with Gasteiger partial charge in [0, 0.05) is 36.7 Å². The maximum absolute atomic E-state index is 12.1. The monoisotopic (exact) mass is 293 g/mol. The lowest BCUT2D eigenvalue weighted by Gasteiger charge is -2.22. The second-order valence-electron chi connectivity index (χ2n) is 5.87. The van der Waals surface area contributed by atoms with Crippen molar-refractivity contribution >= 4 is 17.5 Å². The van der Waals surface area contributed by atoms with Gasteiger partial charge in [0.15, 0.2) is 0 Å². The summed E-state index contributed by atoms with van der Waals surface area (Å²) in [4.78, 5) is 12.1. The molecule has 20 heavy (non-hydrogen) atoms. The molecule has 1 aromatic rings. The van der Waals surface area contributed by atoms with Crippen molar-refractivity contribution in [1.29, 1.82) is 0 Å². The van der Waals surface area contributed by atoms with Gasteiger partial charge in [-0.25, -0.2) is 0 Å². The van der Waals surface area contributed by atoms with Crippen LogP contribution in [0, 0.1) is 0 Å². The summed E-state index contributed by atoms with van der Waals surface area (Å²) in [6.45, 7) is 1.03. The molecular weight excluding hydrogens is 270 g/mol. The Hall–Kier alpha value is -0.810. The molecule has 1 saturated carbocycles. The molecule has 1 aliphatic carbocycles. The molecule has 0 aromatic carbocycles. The molecule has 1 saturated heterocycles. The van der Waals surface area contributed by atoms with E-state index in [1.807, 2.05) is 24.0 Å². The van der Waals surface area contributed by atoms with Crippen LogP contribution in [0.2, 0.25) is 0 Å². The molecule has 5 heteroatoms. The number of carbonyl (C=O) groups is 1. The number of carbonyl (C=O) groups excluding carboxylic acids is 1. The largest absolute Gasteiger partial charge is 0.312 e. The zero-order valence-corrected chi connectivity index (χ0v) is 12.7. The number of ketones is 1. The minimum atomic E-state index is 0.307. The molecule has 1 aromatic heterocycles. The number of nitrogens with zero attached hydrogens (tertiary/aromatic N) is 2. The summed E-state index contributed by atoms with van der Waals surface area (Å²) < 4.78 is 2.07. The maximum Gasteiger partial charge on any atom is 0.140 e. The number of thioether (sulfide) groups is 1. The van der Waals surface area contributed by atoms with Crippen molar-refractivity contribution in [2.75, 3.05) is 18.1 Å². The van der Waals surface area contributed by atoms with Crippen molar-refractivity contribution in [2.45, 2.75) is 50.6 Å². The van der Waals surface area contributed by atoms with E-state index in [9.17, 15) is 4.79 Å². The normalized spacial score (nSPS) is 24.1.